The van der Waals surface area contributed by atoms with Crippen LogP contribution in [0.1, 0.15) is 51.8 Å². The number of benzene rings is 1. The first-order valence-electron chi connectivity index (χ1n) is 10.2. The van der Waals surface area contributed by atoms with Gasteiger partial charge in [-0.2, -0.15) is 10.2 Å². The zero-order valence-electron chi connectivity index (χ0n) is 18.4. The van der Waals surface area contributed by atoms with Gasteiger partial charge in [-0.25, -0.2) is 4.98 Å². The first-order valence-corrected chi connectivity index (χ1v) is 11.1. The minimum Gasteiger partial charge on any atom is -0.370 e. The van der Waals surface area contributed by atoms with Crippen molar-refractivity contribution in [3.63, 3.8) is 0 Å². The van der Waals surface area contributed by atoms with Crippen molar-refractivity contribution in [2.75, 3.05) is 5.32 Å². The normalized spacial score (nSPS) is 18.5. The number of carbonyl (C=O) groups excluding carboxylic acids is 1. The molecule has 7 heteroatoms. The van der Waals surface area contributed by atoms with Crippen LogP contribution in [0.5, 0.6) is 0 Å². The average Bonchev–Trinajstić information content (AvgIpc) is 3.10. The second-order valence-corrected chi connectivity index (χ2v) is 10.4. The van der Waals surface area contributed by atoms with E-state index >= 15 is 0 Å². The molecule has 30 heavy (non-hydrogen) atoms. The molecule has 1 aromatic carbocycles. The van der Waals surface area contributed by atoms with Gasteiger partial charge in [0.2, 0.25) is 5.91 Å². The van der Waals surface area contributed by atoms with Crippen LogP contribution in [0.25, 0.3) is 21.3 Å². The molecule has 1 saturated heterocycles. The molecule has 3 heterocycles. The van der Waals surface area contributed by atoms with Gasteiger partial charge in [-0.15, -0.1) is 0 Å². The van der Waals surface area contributed by atoms with E-state index in [9.17, 15) is 4.79 Å². The molecule has 1 amide bonds. The average molecular weight is 425 g/mol. The van der Waals surface area contributed by atoms with E-state index in [1.54, 1.807) is 0 Å². The summed E-state index contributed by atoms with van der Waals surface area (Å²) >= 11 is 1.49. The van der Waals surface area contributed by atoms with Crippen molar-refractivity contribution in [3.05, 3.63) is 35.7 Å². The smallest absolute Gasteiger partial charge is 0.229 e. The van der Waals surface area contributed by atoms with Crippen LogP contribution < -0.4 is 5.32 Å². The minimum atomic E-state index is -0.318. The van der Waals surface area contributed by atoms with Crippen molar-refractivity contribution >= 4 is 33.3 Å². The maximum Gasteiger partial charge on any atom is 0.229 e. The number of anilines is 1. The van der Waals surface area contributed by atoms with Gasteiger partial charge in [0.1, 0.15) is 0 Å². The Kier molecular flexibility index (Phi) is 5.14. The van der Waals surface area contributed by atoms with E-state index in [4.69, 9.17) is 4.74 Å². The van der Waals surface area contributed by atoms with E-state index in [0.717, 1.165) is 32.6 Å². The largest absolute Gasteiger partial charge is 0.370 e. The first kappa shape index (κ1) is 20.9. The summed E-state index contributed by atoms with van der Waals surface area (Å²) in [5.41, 5.74) is 3.36. The minimum absolute atomic E-state index is 0.0144. The van der Waals surface area contributed by atoms with Crippen LogP contribution in [0.4, 0.5) is 5.13 Å². The SMILES string of the molecule is Cc1nnc2ccc(-c3cnc(NC(=O)C4CC(C)(C)OC(C)(C)C4)s3)cc2c1C. The van der Waals surface area contributed by atoms with E-state index in [1.807, 2.05) is 52.9 Å². The molecule has 0 radical (unpaired) electrons. The van der Waals surface area contributed by atoms with Crippen molar-refractivity contribution in [2.24, 2.45) is 5.92 Å². The monoisotopic (exact) mass is 424 g/mol. The summed E-state index contributed by atoms with van der Waals surface area (Å²) in [4.78, 5) is 18.4. The van der Waals surface area contributed by atoms with Gasteiger partial charge in [0.05, 0.1) is 27.3 Å². The van der Waals surface area contributed by atoms with Crippen molar-refractivity contribution in [2.45, 2.75) is 65.6 Å². The van der Waals surface area contributed by atoms with Crippen LogP contribution >= 0.6 is 11.3 Å². The molecule has 1 aliphatic rings. The van der Waals surface area contributed by atoms with Crippen molar-refractivity contribution < 1.29 is 9.53 Å². The summed E-state index contributed by atoms with van der Waals surface area (Å²) in [6.45, 7) is 12.2. The second kappa shape index (κ2) is 7.39. The van der Waals surface area contributed by atoms with Crippen LogP contribution in [-0.2, 0) is 9.53 Å². The van der Waals surface area contributed by atoms with Gasteiger partial charge in [0.15, 0.2) is 5.13 Å². The molecule has 3 aromatic rings. The number of carbonyl (C=O) groups is 1. The molecular formula is C23H28N4O2S. The molecule has 1 N–H and O–H groups in total. The number of fused-ring (bicyclic) bond motifs is 1. The first-order chi connectivity index (χ1) is 14.0. The predicted octanol–water partition coefficient (Wildman–Crippen LogP) is 5.29. The molecule has 0 unspecified atom stereocenters. The standard InChI is InChI=1S/C23H28N4O2S/c1-13-14(2)26-27-18-8-7-15(9-17(13)18)19-12-24-21(30-19)25-20(28)16-10-22(3,4)29-23(5,6)11-16/h7-9,12,16H,10-11H2,1-6H3,(H,24,25,28). The Morgan fingerprint density at radius 2 is 1.83 bits per heavy atom. The van der Waals surface area contributed by atoms with Crippen LogP contribution in [0, 0.1) is 19.8 Å². The molecule has 2 aromatic heterocycles. The molecule has 0 spiro atoms. The number of nitrogens with one attached hydrogen (secondary N) is 1. The van der Waals surface area contributed by atoms with Gasteiger partial charge in [-0.3, -0.25) is 4.79 Å². The maximum absolute atomic E-state index is 12.9. The lowest BCUT2D eigenvalue weighted by Crippen LogP contribution is -2.48. The number of thiazole rings is 1. The Hall–Kier alpha value is -2.38. The van der Waals surface area contributed by atoms with Gasteiger partial charge in [-0.1, -0.05) is 17.4 Å². The van der Waals surface area contributed by atoms with Crippen molar-refractivity contribution in [1.82, 2.24) is 15.2 Å². The highest BCUT2D eigenvalue weighted by molar-refractivity contribution is 7.19. The van der Waals surface area contributed by atoms with Crippen LogP contribution in [0.2, 0.25) is 0 Å². The Balaban J connectivity index is 1.54. The fourth-order valence-corrected chi connectivity index (χ4v) is 5.24. The second-order valence-electron chi connectivity index (χ2n) is 9.39. The Bertz CT molecular complexity index is 1100. The zero-order valence-corrected chi connectivity index (χ0v) is 19.2. The molecule has 0 saturated carbocycles. The van der Waals surface area contributed by atoms with Crippen LogP contribution in [0.15, 0.2) is 24.4 Å². The number of ether oxygens (including phenoxy) is 1. The topological polar surface area (TPSA) is 77.0 Å². The lowest BCUT2D eigenvalue weighted by molar-refractivity contribution is -0.176. The quantitative estimate of drug-likeness (QED) is 0.618. The highest BCUT2D eigenvalue weighted by Gasteiger charge is 2.42. The summed E-state index contributed by atoms with van der Waals surface area (Å²) in [5.74, 6) is -0.0819. The van der Waals surface area contributed by atoms with Gasteiger partial charge >= 0.3 is 0 Å². The van der Waals surface area contributed by atoms with E-state index in [1.165, 1.54) is 11.3 Å². The third-order valence-corrected chi connectivity index (χ3v) is 6.63. The summed E-state index contributed by atoms with van der Waals surface area (Å²) in [7, 11) is 0. The molecule has 0 bridgehead atoms. The zero-order chi connectivity index (χ0) is 21.7. The molecule has 6 nitrogen and oxygen atoms in total. The third-order valence-electron chi connectivity index (χ3n) is 5.67. The van der Waals surface area contributed by atoms with E-state index in [-0.39, 0.29) is 23.0 Å². The molecule has 1 fully saturated rings. The van der Waals surface area contributed by atoms with Crippen LogP contribution in [-0.4, -0.2) is 32.3 Å². The lowest BCUT2D eigenvalue weighted by Gasteiger charge is -2.44. The molecule has 0 aliphatic carbocycles. The summed E-state index contributed by atoms with van der Waals surface area (Å²) in [5, 5.41) is 13.2. The summed E-state index contributed by atoms with van der Waals surface area (Å²) in [6.07, 6.45) is 3.21. The molecule has 0 atom stereocenters. The summed E-state index contributed by atoms with van der Waals surface area (Å²) in [6, 6.07) is 6.12. The molecule has 4 rings (SSSR count). The lowest BCUT2D eigenvalue weighted by atomic mass is 9.80. The number of aryl methyl sites for hydroxylation is 2. The van der Waals surface area contributed by atoms with Crippen molar-refractivity contribution in [1.29, 1.82) is 0 Å². The molecule has 1 aliphatic heterocycles. The fraction of sp³-hybridized carbons (Fsp3) is 0.478. The van der Waals surface area contributed by atoms with E-state index < -0.39 is 0 Å². The predicted molar refractivity (Wildman–Crippen MR) is 121 cm³/mol. The Morgan fingerprint density at radius 1 is 1.13 bits per heavy atom. The number of amides is 1. The Labute approximate surface area is 181 Å². The number of aromatic nitrogens is 3. The van der Waals surface area contributed by atoms with Crippen molar-refractivity contribution in [3.8, 4) is 10.4 Å². The maximum atomic E-state index is 12.9. The highest BCUT2D eigenvalue weighted by Crippen LogP contribution is 2.39. The molecular weight excluding hydrogens is 396 g/mol. The Morgan fingerprint density at radius 3 is 2.53 bits per heavy atom. The van der Waals surface area contributed by atoms with Gasteiger partial charge in [0.25, 0.3) is 0 Å². The molecule has 158 valence electrons. The fourth-order valence-electron chi connectivity index (χ4n) is 4.42. The van der Waals surface area contributed by atoms with Crippen LogP contribution in [0.3, 0.4) is 0 Å². The third kappa shape index (κ3) is 4.23. The van der Waals surface area contributed by atoms with E-state index in [2.05, 4.69) is 33.5 Å². The number of rotatable bonds is 3. The van der Waals surface area contributed by atoms with E-state index in [0.29, 0.717) is 18.0 Å². The van der Waals surface area contributed by atoms with Gasteiger partial charge in [-0.05, 0) is 77.6 Å². The van der Waals surface area contributed by atoms with Gasteiger partial charge in [0, 0.05) is 17.5 Å². The summed E-state index contributed by atoms with van der Waals surface area (Å²) < 4.78 is 6.10. The number of nitrogens with zero attached hydrogens (tertiary/aromatic N) is 3. The number of hydrogen-bond acceptors (Lipinski definition) is 6. The van der Waals surface area contributed by atoms with Gasteiger partial charge < -0.3 is 10.1 Å². The highest BCUT2D eigenvalue weighted by atomic mass is 32.1. The number of hydrogen-bond donors (Lipinski definition) is 1.